The Balaban J connectivity index is 2.57. The quantitative estimate of drug-likeness (QED) is 0.861. The minimum Gasteiger partial charge on any atom is -0.267 e. The van der Waals surface area contributed by atoms with Gasteiger partial charge in [-0.05, 0) is 62.6 Å². The molecule has 112 valence electrons. The van der Waals surface area contributed by atoms with Crippen molar-refractivity contribution in [3.05, 3.63) is 59.2 Å². The molecule has 21 heavy (non-hydrogen) atoms. The standard InChI is InChI=1S/C17H21NO2S/c1-5-18(16-8-6-7-13(2)11-16)21(19,20)17-12-14(3)9-10-15(17)4/h6-12H,5H2,1-4H3. The molecule has 0 saturated heterocycles. The first-order valence-electron chi connectivity index (χ1n) is 7.03. The summed E-state index contributed by atoms with van der Waals surface area (Å²) in [7, 11) is -3.54. The molecule has 0 spiro atoms. The lowest BCUT2D eigenvalue weighted by Gasteiger charge is -2.24. The van der Waals surface area contributed by atoms with Gasteiger partial charge in [-0.1, -0.05) is 24.3 Å². The molecule has 0 heterocycles. The maximum atomic E-state index is 13.0. The Labute approximate surface area is 127 Å². The monoisotopic (exact) mass is 303 g/mol. The summed E-state index contributed by atoms with van der Waals surface area (Å²) in [4.78, 5) is 0.380. The van der Waals surface area contributed by atoms with Gasteiger partial charge in [0.25, 0.3) is 10.0 Å². The van der Waals surface area contributed by atoms with Gasteiger partial charge >= 0.3 is 0 Å². The molecule has 0 unspecified atom stereocenters. The molecule has 2 aromatic carbocycles. The number of hydrogen-bond donors (Lipinski definition) is 0. The topological polar surface area (TPSA) is 37.4 Å². The molecular formula is C17H21NO2S. The second-order valence-electron chi connectivity index (χ2n) is 5.28. The SMILES string of the molecule is CCN(c1cccc(C)c1)S(=O)(=O)c1cc(C)ccc1C. The molecule has 0 aliphatic rings. The molecule has 0 amide bonds. The van der Waals surface area contributed by atoms with Crippen molar-refractivity contribution in [2.75, 3.05) is 10.8 Å². The van der Waals surface area contributed by atoms with E-state index in [4.69, 9.17) is 0 Å². The van der Waals surface area contributed by atoms with Crippen molar-refractivity contribution in [1.29, 1.82) is 0 Å². The van der Waals surface area contributed by atoms with Crippen LogP contribution in [0.3, 0.4) is 0 Å². The largest absolute Gasteiger partial charge is 0.267 e. The van der Waals surface area contributed by atoms with Crippen LogP contribution in [0, 0.1) is 20.8 Å². The maximum Gasteiger partial charge on any atom is 0.264 e. The second kappa shape index (κ2) is 5.90. The van der Waals surface area contributed by atoms with Gasteiger partial charge in [-0.25, -0.2) is 8.42 Å². The Hall–Kier alpha value is -1.81. The van der Waals surface area contributed by atoms with Crippen molar-refractivity contribution in [2.24, 2.45) is 0 Å². The second-order valence-corrected chi connectivity index (χ2v) is 7.11. The molecule has 0 N–H and O–H groups in total. The molecular weight excluding hydrogens is 282 g/mol. The zero-order valence-corrected chi connectivity index (χ0v) is 13.7. The van der Waals surface area contributed by atoms with Gasteiger partial charge in [-0.2, -0.15) is 0 Å². The molecule has 2 aromatic rings. The average molecular weight is 303 g/mol. The highest BCUT2D eigenvalue weighted by atomic mass is 32.2. The van der Waals surface area contributed by atoms with Crippen LogP contribution >= 0.6 is 0 Å². The van der Waals surface area contributed by atoms with Crippen molar-refractivity contribution in [3.8, 4) is 0 Å². The molecule has 2 rings (SSSR count). The van der Waals surface area contributed by atoms with Crippen molar-refractivity contribution in [1.82, 2.24) is 0 Å². The van der Waals surface area contributed by atoms with E-state index in [9.17, 15) is 8.42 Å². The summed E-state index contributed by atoms with van der Waals surface area (Å²) >= 11 is 0. The number of aryl methyl sites for hydroxylation is 3. The molecule has 0 aliphatic carbocycles. The molecule has 4 heteroatoms. The van der Waals surface area contributed by atoms with E-state index in [1.165, 1.54) is 4.31 Å². The maximum absolute atomic E-state index is 13.0. The highest BCUT2D eigenvalue weighted by molar-refractivity contribution is 7.92. The molecule has 0 fully saturated rings. The third kappa shape index (κ3) is 3.10. The third-order valence-corrected chi connectivity index (χ3v) is 5.53. The smallest absolute Gasteiger partial charge is 0.264 e. The lowest BCUT2D eigenvalue weighted by atomic mass is 10.2. The van der Waals surface area contributed by atoms with Gasteiger partial charge in [0, 0.05) is 6.54 Å². The summed E-state index contributed by atoms with van der Waals surface area (Å²) in [5, 5.41) is 0. The predicted molar refractivity (Wildman–Crippen MR) is 87.3 cm³/mol. The fourth-order valence-electron chi connectivity index (χ4n) is 2.38. The van der Waals surface area contributed by atoms with E-state index < -0.39 is 10.0 Å². The summed E-state index contributed by atoms with van der Waals surface area (Å²) in [6, 6.07) is 13.1. The normalized spacial score (nSPS) is 11.4. The van der Waals surface area contributed by atoms with Gasteiger partial charge in [0.15, 0.2) is 0 Å². The van der Waals surface area contributed by atoms with E-state index in [0.717, 1.165) is 16.7 Å². The molecule has 0 bridgehead atoms. The number of anilines is 1. The number of hydrogen-bond acceptors (Lipinski definition) is 2. The summed E-state index contributed by atoms with van der Waals surface area (Å²) in [5.41, 5.74) is 3.46. The lowest BCUT2D eigenvalue weighted by Crippen LogP contribution is -2.31. The summed E-state index contributed by atoms with van der Waals surface area (Å²) in [6.45, 7) is 7.95. The van der Waals surface area contributed by atoms with Crippen LogP contribution < -0.4 is 4.31 Å². The molecule has 3 nitrogen and oxygen atoms in total. The Kier molecular flexibility index (Phi) is 4.37. The minimum absolute atomic E-state index is 0.380. The summed E-state index contributed by atoms with van der Waals surface area (Å²) in [5.74, 6) is 0. The van der Waals surface area contributed by atoms with Crippen LogP contribution in [0.5, 0.6) is 0 Å². The first-order chi connectivity index (χ1) is 9.86. The predicted octanol–water partition coefficient (Wildman–Crippen LogP) is 3.83. The Bertz CT molecular complexity index is 751. The van der Waals surface area contributed by atoms with Gasteiger partial charge in [-0.15, -0.1) is 0 Å². The van der Waals surface area contributed by atoms with Crippen LogP contribution in [0.25, 0.3) is 0 Å². The first-order valence-corrected chi connectivity index (χ1v) is 8.47. The number of rotatable bonds is 4. The van der Waals surface area contributed by atoms with Gasteiger partial charge in [-0.3, -0.25) is 4.31 Å². The van der Waals surface area contributed by atoms with Crippen LogP contribution in [0.1, 0.15) is 23.6 Å². The van der Waals surface area contributed by atoms with E-state index >= 15 is 0 Å². The molecule has 0 aromatic heterocycles. The van der Waals surface area contributed by atoms with E-state index in [2.05, 4.69) is 0 Å². The average Bonchev–Trinajstić information content (AvgIpc) is 2.42. The van der Waals surface area contributed by atoms with Crippen LogP contribution in [0.15, 0.2) is 47.4 Å². The minimum atomic E-state index is -3.54. The number of sulfonamides is 1. The van der Waals surface area contributed by atoms with E-state index in [1.54, 1.807) is 6.07 Å². The van der Waals surface area contributed by atoms with Crippen molar-refractivity contribution >= 4 is 15.7 Å². The Morgan fingerprint density at radius 2 is 1.62 bits per heavy atom. The Morgan fingerprint density at radius 1 is 0.952 bits per heavy atom. The molecule has 0 atom stereocenters. The molecule has 0 radical (unpaired) electrons. The van der Waals surface area contributed by atoms with E-state index in [1.807, 2.05) is 64.1 Å². The van der Waals surface area contributed by atoms with Gasteiger partial charge in [0.2, 0.25) is 0 Å². The first kappa shape index (κ1) is 15.6. The fourth-order valence-corrected chi connectivity index (χ4v) is 4.16. The van der Waals surface area contributed by atoms with E-state index in [-0.39, 0.29) is 0 Å². The van der Waals surface area contributed by atoms with Gasteiger partial charge < -0.3 is 0 Å². The number of nitrogens with zero attached hydrogens (tertiary/aromatic N) is 1. The van der Waals surface area contributed by atoms with Crippen molar-refractivity contribution in [3.63, 3.8) is 0 Å². The zero-order chi connectivity index (χ0) is 15.6. The lowest BCUT2D eigenvalue weighted by molar-refractivity contribution is 0.591. The van der Waals surface area contributed by atoms with Crippen LogP contribution in [0.2, 0.25) is 0 Å². The summed E-state index contributed by atoms with van der Waals surface area (Å²) in [6.07, 6.45) is 0. The van der Waals surface area contributed by atoms with Gasteiger partial charge in [0.05, 0.1) is 10.6 Å². The van der Waals surface area contributed by atoms with Crippen molar-refractivity contribution in [2.45, 2.75) is 32.6 Å². The molecule has 0 aliphatic heterocycles. The van der Waals surface area contributed by atoms with Crippen LogP contribution in [-0.2, 0) is 10.0 Å². The fraction of sp³-hybridized carbons (Fsp3) is 0.294. The van der Waals surface area contributed by atoms with Gasteiger partial charge in [0.1, 0.15) is 0 Å². The Morgan fingerprint density at radius 3 is 2.24 bits per heavy atom. The third-order valence-electron chi connectivity index (χ3n) is 3.49. The number of benzene rings is 2. The van der Waals surface area contributed by atoms with Crippen LogP contribution in [0.4, 0.5) is 5.69 Å². The highest BCUT2D eigenvalue weighted by Gasteiger charge is 2.25. The van der Waals surface area contributed by atoms with E-state index in [0.29, 0.717) is 17.1 Å². The molecule has 0 saturated carbocycles. The van der Waals surface area contributed by atoms with Crippen molar-refractivity contribution < 1.29 is 8.42 Å². The summed E-state index contributed by atoms with van der Waals surface area (Å²) < 4.78 is 27.4. The van der Waals surface area contributed by atoms with Crippen LogP contribution in [-0.4, -0.2) is 15.0 Å². The zero-order valence-electron chi connectivity index (χ0n) is 12.9. The highest BCUT2D eigenvalue weighted by Crippen LogP contribution is 2.26.